The van der Waals surface area contributed by atoms with Gasteiger partial charge in [0.25, 0.3) is 0 Å². The van der Waals surface area contributed by atoms with Crippen molar-refractivity contribution >= 4 is 10.0 Å². The highest BCUT2D eigenvalue weighted by molar-refractivity contribution is 7.89. The lowest BCUT2D eigenvalue weighted by atomic mass is 9.74. The maximum Gasteiger partial charge on any atom is 0.240 e. The fraction of sp³-hybridized carbons (Fsp3) is 0.625. The molecule has 4 unspecified atom stereocenters. The zero-order chi connectivity index (χ0) is 14.9. The predicted octanol–water partition coefficient (Wildman–Crippen LogP) is 2.09. The second kappa shape index (κ2) is 6.07. The largest absolute Gasteiger partial charge is 0.299 e. The molecule has 4 rings (SSSR count). The van der Waals surface area contributed by atoms with Crippen molar-refractivity contribution in [3.8, 4) is 0 Å². The van der Waals surface area contributed by atoms with E-state index in [0.29, 0.717) is 17.5 Å². The summed E-state index contributed by atoms with van der Waals surface area (Å²) in [5.41, 5.74) is 0. The first kappa shape index (κ1) is 15.0. The molecule has 0 aliphatic carbocycles. The van der Waals surface area contributed by atoms with Crippen LogP contribution in [0.1, 0.15) is 26.2 Å². The normalized spacial score (nSPS) is 32.2. The van der Waals surface area contributed by atoms with Gasteiger partial charge in [-0.15, -0.1) is 0 Å². The lowest BCUT2D eigenvalue weighted by Gasteiger charge is -2.49. The summed E-state index contributed by atoms with van der Waals surface area (Å²) in [6, 6.07) is 8.99. The van der Waals surface area contributed by atoms with Gasteiger partial charge in [0.2, 0.25) is 10.0 Å². The van der Waals surface area contributed by atoms with E-state index in [-0.39, 0.29) is 0 Å². The molecule has 3 aliphatic heterocycles. The average molecular weight is 308 g/mol. The van der Waals surface area contributed by atoms with Crippen LogP contribution in [-0.4, -0.2) is 39.0 Å². The van der Waals surface area contributed by atoms with E-state index in [9.17, 15) is 8.42 Å². The lowest BCUT2D eigenvalue weighted by Crippen LogP contribution is -2.56. The fourth-order valence-corrected chi connectivity index (χ4v) is 4.91. The smallest absolute Gasteiger partial charge is 0.240 e. The van der Waals surface area contributed by atoms with Gasteiger partial charge in [-0.1, -0.05) is 31.5 Å². The Hall–Kier alpha value is -0.910. The lowest BCUT2D eigenvalue weighted by molar-refractivity contribution is 0.00236. The maximum absolute atomic E-state index is 12.3. The van der Waals surface area contributed by atoms with Gasteiger partial charge in [0.1, 0.15) is 0 Å². The van der Waals surface area contributed by atoms with Crippen LogP contribution < -0.4 is 4.72 Å². The molecule has 0 radical (unpaired) electrons. The van der Waals surface area contributed by atoms with E-state index in [4.69, 9.17) is 0 Å². The number of nitrogens with one attached hydrogen (secondary N) is 1. The number of fused-ring (bicyclic) bond motifs is 3. The van der Waals surface area contributed by atoms with E-state index in [2.05, 4.69) is 16.5 Å². The molecule has 1 aromatic carbocycles. The first-order chi connectivity index (χ1) is 10.1. The van der Waals surface area contributed by atoms with Gasteiger partial charge in [-0.2, -0.15) is 0 Å². The minimum atomic E-state index is -3.37. The summed E-state index contributed by atoms with van der Waals surface area (Å²) in [6.07, 6.45) is 3.65. The second-order valence-corrected chi connectivity index (χ2v) is 8.03. The van der Waals surface area contributed by atoms with E-state index in [1.54, 1.807) is 24.3 Å². The molecule has 0 spiro atoms. The van der Waals surface area contributed by atoms with Crippen LogP contribution in [-0.2, 0) is 10.0 Å². The average Bonchev–Trinajstić information content (AvgIpc) is 2.54. The summed E-state index contributed by atoms with van der Waals surface area (Å²) in [7, 11) is -3.37. The van der Waals surface area contributed by atoms with E-state index < -0.39 is 10.0 Å². The quantitative estimate of drug-likeness (QED) is 0.906. The molecule has 1 aromatic rings. The monoisotopic (exact) mass is 308 g/mol. The molecule has 0 aromatic heterocycles. The molecule has 4 nitrogen and oxygen atoms in total. The van der Waals surface area contributed by atoms with Crippen molar-refractivity contribution in [1.29, 1.82) is 0 Å². The molecule has 21 heavy (non-hydrogen) atoms. The van der Waals surface area contributed by atoms with Crippen molar-refractivity contribution in [2.75, 3.05) is 19.6 Å². The van der Waals surface area contributed by atoms with Crippen LogP contribution in [0.5, 0.6) is 0 Å². The van der Waals surface area contributed by atoms with Gasteiger partial charge >= 0.3 is 0 Å². The maximum atomic E-state index is 12.3. The van der Waals surface area contributed by atoms with Crippen LogP contribution >= 0.6 is 0 Å². The molecule has 3 heterocycles. The van der Waals surface area contributed by atoms with Crippen LogP contribution in [0, 0.1) is 11.8 Å². The highest BCUT2D eigenvalue weighted by Gasteiger charge is 2.39. The van der Waals surface area contributed by atoms with Gasteiger partial charge in [-0.3, -0.25) is 4.90 Å². The van der Waals surface area contributed by atoms with Gasteiger partial charge < -0.3 is 0 Å². The predicted molar refractivity (Wildman–Crippen MR) is 83.5 cm³/mol. The molecule has 3 fully saturated rings. The highest BCUT2D eigenvalue weighted by Crippen LogP contribution is 2.37. The summed E-state index contributed by atoms with van der Waals surface area (Å²) in [5, 5.41) is 0. The zero-order valence-electron chi connectivity index (χ0n) is 12.5. The van der Waals surface area contributed by atoms with Gasteiger partial charge in [-0.05, 0) is 43.4 Å². The minimum absolute atomic E-state index is 0.354. The number of piperidine rings is 3. The fourth-order valence-electron chi connectivity index (χ4n) is 3.81. The summed E-state index contributed by atoms with van der Waals surface area (Å²) >= 11 is 0. The van der Waals surface area contributed by atoms with Crippen molar-refractivity contribution in [1.82, 2.24) is 9.62 Å². The van der Waals surface area contributed by atoms with Gasteiger partial charge in [0, 0.05) is 19.1 Å². The SMILES string of the molecule is CCC1CN2CCC1CC2CNS(=O)(=O)c1ccccc1. The molecule has 3 saturated heterocycles. The van der Waals surface area contributed by atoms with Crippen molar-refractivity contribution in [2.45, 2.75) is 37.1 Å². The third-order valence-electron chi connectivity index (χ3n) is 5.10. The number of nitrogens with zero attached hydrogens (tertiary/aromatic N) is 1. The second-order valence-electron chi connectivity index (χ2n) is 6.27. The number of sulfonamides is 1. The molecule has 116 valence electrons. The minimum Gasteiger partial charge on any atom is -0.299 e. The first-order valence-electron chi connectivity index (χ1n) is 7.89. The van der Waals surface area contributed by atoms with E-state index in [1.807, 2.05) is 6.07 Å². The summed E-state index contributed by atoms with van der Waals surface area (Å²) in [6.45, 7) is 5.06. The molecule has 1 N–H and O–H groups in total. The summed E-state index contributed by atoms with van der Waals surface area (Å²) in [5.74, 6) is 1.59. The Balaban J connectivity index is 1.62. The number of hydrogen-bond donors (Lipinski definition) is 1. The molecule has 2 bridgehead atoms. The Morgan fingerprint density at radius 1 is 1.29 bits per heavy atom. The Morgan fingerprint density at radius 3 is 2.67 bits per heavy atom. The van der Waals surface area contributed by atoms with Crippen LogP contribution in [0.15, 0.2) is 35.2 Å². The molecule has 5 heteroatoms. The van der Waals surface area contributed by atoms with Crippen molar-refractivity contribution in [3.63, 3.8) is 0 Å². The molecule has 3 aliphatic rings. The molecular weight excluding hydrogens is 284 g/mol. The van der Waals surface area contributed by atoms with Crippen molar-refractivity contribution in [2.24, 2.45) is 11.8 Å². The Kier molecular flexibility index (Phi) is 4.33. The van der Waals surface area contributed by atoms with Crippen LogP contribution in [0.25, 0.3) is 0 Å². The Labute approximate surface area is 127 Å². The third-order valence-corrected chi connectivity index (χ3v) is 6.54. The third kappa shape index (κ3) is 3.15. The molecule has 0 amide bonds. The van der Waals surface area contributed by atoms with E-state index >= 15 is 0 Å². The number of rotatable bonds is 5. The van der Waals surface area contributed by atoms with E-state index in [0.717, 1.165) is 31.3 Å². The highest BCUT2D eigenvalue weighted by atomic mass is 32.2. The standard InChI is InChI=1S/C16H24N2O2S/c1-2-13-12-18-9-8-14(13)10-15(18)11-17-21(19,20)16-6-4-3-5-7-16/h3-7,13-15,17H,2,8-12H2,1H3. The summed E-state index contributed by atoms with van der Waals surface area (Å²) < 4.78 is 27.3. The van der Waals surface area contributed by atoms with Crippen molar-refractivity contribution in [3.05, 3.63) is 30.3 Å². The molecule has 0 saturated carbocycles. The van der Waals surface area contributed by atoms with Crippen LogP contribution in [0.4, 0.5) is 0 Å². The molecule has 4 atom stereocenters. The van der Waals surface area contributed by atoms with E-state index in [1.165, 1.54) is 12.8 Å². The topological polar surface area (TPSA) is 49.4 Å². The Morgan fingerprint density at radius 2 is 2.05 bits per heavy atom. The molecular formula is C16H24N2O2S. The van der Waals surface area contributed by atoms with Gasteiger partial charge in [0.15, 0.2) is 0 Å². The van der Waals surface area contributed by atoms with Crippen LogP contribution in [0.3, 0.4) is 0 Å². The zero-order valence-corrected chi connectivity index (χ0v) is 13.3. The number of benzene rings is 1. The summed E-state index contributed by atoms with van der Waals surface area (Å²) in [4.78, 5) is 2.83. The van der Waals surface area contributed by atoms with Crippen molar-refractivity contribution < 1.29 is 8.42 Å². The van der Waals surface area contributed by atoms with Crippen LogP contribution in [0.2, 0.25) is 0 Å². The number of hydrogen-bond acceptors (Lipinski definition) is 3. The van der Waals surface area contributed by atoms with Gasteiger partial charge in [-0.25, -0.2) is 13.1 Å². The van der Waals surface area contributed by atoms with Gasteiger partial charge in [0.05, 0.1) is 4.90 Å². The Bertz CT molecular complexity index is 573. The first-order valence-corrected chi connectivity index (χ1v) is 9.37.